The van der Waals surface area contributed by atoms with Crippen molar-refractivity contribution in [3.63, 3.8) is 0 Å². The van der Waals surface area contributed by atoms with Gasteiger partial charge >= 0.3 is 5.97 Å². The lowest BCUT2D eigenvalue weighted by atomic mass is 9.96. The number of aromatic amines is 1. The molecular weight excluding hydrogens is 344 g/mol. The van der Waals surface area contributed by atoms with Gasteiger partial charge in [-0.1, -0.05) is 19.3 Å². The lowest BCUT2D eigenvalue weighted by Gasteiger charge is -2.23. The molecule has 0 bridgehead atoms. The van der Waals surface area contributed by atoms with E-state index in [1.54, 1.807) is 33.9 Å². The van der Waals surface area contributed by atoms with Gasteiger partial charge in [-0.2, -0.15) is 5.10 Å². The molecule has 0 saturated heterocycles. The van der Waals surface area contributed by atoms with E-state index in [0.29, 0.717) is 34.4 Å². The lowest BCUT2D eigenvalue weighted by molar-refractivity contribution is 0.0376. The number of carbonyl (C=O) groups excluding carboxylic acids is 2. The maximum absolute atomic E-state index is 12.8. The van der Waals surface area contributed by atoms with Crippen LogP contribution in [-0.4, -0.2) is 32.7 Å². The second kappa shape index (κ2) is 7.98. The van der Waals surface area contributed by atoms with Crippen LogP contribution in [0, 0.1) is 13.8 Å². The van der Waals surface area contributed by atoms with E-state index < -0.39 is 5.97 Å². The number of ether oxygens (including phenoxy) is 1. The number of amides is 1. The summed E-state index contributed by atoms with van der Waals surface area (Å²) >= 11 is 0. The Morgan fingerprint density at radius 1 is 1.26 bits per heavy atom. The minimum Gasteiger partial charge on any atom is -0.459 e. The summed E-state index contributed by atoms with van der Waals surface area (Å²) in [6.45, 7) is 7.13. The molecule has 2 N–H and O–H groups in total. The molecule has 0 unspecified atom stereocenters. The van der Waals surface area contributed by atoms with E-state index in [2.05, 4.69) is 15.4 Å². The quantitative estimate of drug-likeness (QED) is 0.772. The molecule has 2 aromatic heterocycles. The molecule has 7 nitrogen and oxygen atoms in total. The van der Waals surface area contributed by atoms with Crippen LogP contribution < -0.4 is 5.32 Å². The molecule has 0 radical (unpaired) electrons. The van der Waals surface area contributed by atoms with Crippen LogP contribution in [0.3, 0.4) is 0 Å². The smallest absolute Gasteiger partial charge is 0.340 e. The van der Waals surface area contributed by atoms with E-state index in [1.807, 2.05) is 10.7 Å². The molecule has 0 aliphatic heterocycles. The minimum atomic E-state index is -0.414. The summed E-state index contributed by atoms with van der Waals surface area (Å²) < 4.78 is 7.20. The first-order chi connectivity index (χ1) is 12.9. The van der Waals surface area contributed by atoms with Crippen LogP contribution in [0.1, 0.15) is 84.1 Å². The molecule has 0 aromatic carbocycles. The zero-order valence-corrected chi connectivity index (χ0v) is 16.5. The average Bonchev–Trinajstić information content (AvgIpc) is 3.19. The monoisotopic (exact) mass is 372 g/mol. The average molecular weight is 372 g/mol. The fourth-order valence-electron chi connectivity index (χ4n) is 3.76. The highest BCUT2D eigenvalue weighted by molar-refractivity contribution is 6.06. The number of hydrogen-bond donors (Lipinski definition) is 2. The topological polar surface area (TPSA) is 89.0 Å². The Morgan fingerprint density at radius 2 is 1.96 bits per heavy atom. The van der Waals surface area contributed by atoms with Crippen LogP contribution in [-0.2, 0) is 4.74 Å². The zero-order chi connectivity index (χ0) is 19.6. The molecule has 2 aromatic rings. The third-order valence-electron chi connectivity index (χ3n) is 5.04. The number of nitrogens with one attached hydrogen (secondary N) is 2. The number of hydrogen-bond acceptors (Lipinski definition) is 4. The predicted octanol–water partition coefficient (Wildman–Crippen LogP) is 4.15. The number of aryl methyl sites for hydroxylation is 1. The van der Waals surface area contributed by atoms with Gasteiger partial charge in [-0.15, -0.1) is 0 Å². The third kappa shape index (κ3) is 4.07. The lowest BCUT2D eigenvalue weighted by Crippen LogP contribution is -2.21. The van der Waals surface area contributed by atoms with Crippen molar-refractivity contribution in [1.29, 1.82) is 0 Å². The van der Waals surface area contributed by atoms with Crippen molar-refractivity contribution in [3.8, 4) is 0 Å². The number of carbonyl (C=O) groups is 2. The Bertz CT molecular complexity index is 828. The first-order valence-corrected chi connectivity index (χ1v) is 9.63. The first-order valence-electron chi connectivity index (χ1n) is 9.63. The molecule has 2 heterocycles. The zero-order valence-electron chi connectivity index (χ0n) is 16.5. The number of H-pyrrole nitrogens is 1. The maximum Gasteiger partial charge on any atom is 0.340 e. The molecule has 0 atom stereocenters. The van der Waals surface area contributed by atoms with E-state index >= 15 is 0 Å². The Balaban J connectivity index is 1.80. The highest BCUT2D eigenvalue weighted by Gasteiger charge is 2.25. The van der Waals surface area contributed by atoms with Crippen molar-refractivity contribution in [3.05, 3.63) is 34.8 Å². The van der Waals surface area contributed by atoms with Gasteiger partial charge in [0.2, 0.25) is 0 Å². The maximum atomic E-state index is 12.8. The second-order valence-corrected chi connectivity index (χ2v) is 7.49. The molecule has 146 valence electrons. The Hall–Kier alpha value is -2.57. The summed E-state index contributed by atoms with van der Waals surface area (Å²) in [6.07, 6.45) is 7.29. The van der Waals surface area contributed by atoms with Crippen LogP contribution in [0.4, 0.5) is 5.82 Å². The van der Waals surface area contributed by atoms with Gasteiger partial charge in [-0.05, 0) is 46.1 Å². The fraction of sp³-hybridized carbons (Fsp3) is 0.550. The third-order valence-corrected chi connectivity index (χ3v) is 5.04. The largest absolute Gasteiger partial charge is 0.459 e. The van der Waals surface area contributed by atoms with E-state index in [4.69, 9.17) is 4.74 Å². The summed E-state index contributed by atoms with van der Waals surface area (Å²) in [6, 6.07) is 2.14. The van der Waals surface area contributed by atoms with Gasteiger partial charge in [0.25, 0.3) is 5.91 Å². The number of anilines is 1. The molecular formula is C20H28N4O3. The van der Waals surface area contributed by atoms with Crippen molar-refractivity contribution in [1.82, 2.24) is 14.8 Å². The van der Waals surface area contributed by atoms with E-state index in [-0.39, 0.29) is 12.0 Å². The molecule has 27 heavy (non-hydrogen) atoms. The van der Waals surface area contributed by atoms with Gasteiger partial charge in [-0.25, -0.2) is 9.48 Å². The molecule has 1 saturated carbocycles. The highest BCUT2D eigenvalue weighted by atomic mass is 16.5. The second-order valence-electron chi connectivity index (χ2n) is 7.49. The Labute approximate surface area is 159 Å². The molecule has 7 heteroatoms. The molecule has 1 aliphatic carbocycles. The number of esters is 1. The molecule has 1 aliphatic rings. The van der Waals surface area contributed by atoms with E-state index in [1.165, 1.54) is 19.3 Å². The van der Waals surface area contributed by atoms with Crippen molar-refractivity contribution < 1.29 is 14.3 Å². The summed E-state index contributed by atoms with van der Waals surface area (Å²) in [7, 11) is 0. The standard InChI is InChI=1S/C20H28N4O3/c1-12(2)27-20(26)17-13(3)18(22-14(17)4)19(25)23-16-10-11-21-24(16)15-8-6-5-7-9-15/h10-12,15,22H,5-9H2,1-4H3,(H,23,25). The minimum absolute atomic E-state index is 0.215. The van der Waals surface area contributed by atoms with Crippen LogP contribution in [0.25, 0.3) is 0 Å². The summed E-state index contributed by atoms with van der Waals surface area (Å²) in [5.41, 5.74) is 2.03. The molecule has 3 rings (SSSR count). The molecule has 1 amide bonds. The molecule has 0 spiro atoms. The van der Waals surface area contributed by atoms with Crippen molar-refractivity contribution in [2.75, 3.05) is 5.32 Å². The van der Waals surface area contributed by atoms with Gasteiger partial charge in [0.05, 0.1) is 23.9 Å². The summed E-state index contributed by atoms with van der Waals surface area (Å²) in [5.74, 6) is -0.0100. The van der Waals surface area contributed by atoms with Crippen molar-refractivity contribution in [2.45, 2.75) is 71.9 Å². The van der Waals surface area contributed by atoms with Gasteiger partial charge in [0.15, 0.2) is 0 Å². The number of nitrogens with zero attached hydrogens (tertiary/aromatic N) is 2. The normalized spacial score (nSPS) is 15.1. The van der Waals surface area contributed by atoms with Crippen LogP contribution in [0.5, 0.6) is 0 Å². The van der Waals surface area contributed by atoms with Crippen LogP contribution >= 0.6 is 0 Å². The fourth-order valence-corrected chi connectivity index (χ4v) is 3.76. The van der Waals surface area contributed by atoms with Gasteiger partial charge in [-0.3, -0.25) is 4.79 Å². The van der Waals surface area contributed by atoms with E-state index in [9.17, 15) is 9.59 Å². The highest BCUT2D eigenvalue weighted by Crippen LogP contribution is 2.30. The van der Waals surface area contributed by atoms with Crippen molar-refractivity contribution >= 4 is 17.7 Å². The number of rotatable bonds is 5. The number of aromatic nitrogens is 3. The Kier molecular flexibility index (Phi) is 5.68. The Morgan fingerprint density at radius 3 is 2.63 bits per heavy atom. The van der Waals surface area contributed by atoms with Gasteiger partial charge in [0, 0.05) is 11.8 Å². The first kappa shape index (κ1) is 19.2. The van der Waals surface area contributed by atoms with E-state index in [0.717, 1.165) is 12.8 Å². The molecule has 1 fully saturated rings. The van der Waals surface area contributed by atoms with Crippen molar-refractivity contribution in [2.24, 2.45) is 0 Å². The SMILES string of the molecule is Cc1[nH]c(C(=O)Nc2ccnn2C2CCCCC2)c(C)c1C(=O)OC(C)C. The van der Waals surface area contributed by atoms with Crippen LogP contribution in [0.15, 0.2) is 12.3 Å². The summed E-state index contributed by atoms with van der Waals surface area (Å²) in [4.78, 5) is 28.2. The van der Waals surface area contributed by atoms with Crippen LogP contribution in [0.2, 0.25) is 0 Å². The summed E-state index contributed by atoms with van der Waals surface area (Å²) in [5, 5.41) is 7.35. The van der Waals surface area contributed by atoms with Gasteiger partial charge in [0.1, 0.15) is 11.5 Å². The predicted molar refractivity (Wildman–Crippen MR) is 103 cm³/mol. The van der Waals surface area contributed by atoms with Gasteiger partial charge < -0.3 is 15.0 Å².